The van der Waals surface area contributed by atoms with Gasteiger partial charge in [0.2, 0.25) is 0 Å². The summed E-state index contributed by atoms with van der Waals surface area (Å²) in [5.41, 5.74) is 9.20. The fraction of sp³-hybridized carbons (Fsp3) is 0.556. The van der Waals surface area contributed by atoms with Crippen molar-refractivity contribution >= 4 is 29.6 Å². The summed E-state index contributed by atoms with van der Waals surface area (Å²) in [6.07, 6.45) is 6.20. The molecular formula is C18H28N4OS. The predicted octanol–water partition coefficient (Wildman–Crippen LogP) is 2.09. The molecule has 0 aromatic heterocycles. The Hall–Kier alpha value is -1.53. The van der Waals surface area contributed by atoms with Crippen LogP contribution < -0.4 is 16.4 Å². The summed E-state index contributed by atoms with van der Waals surface area (Å²) >= 11 is 1.71. The maximum atomic E-state index is 12.3. The average molecular weight is 349 g/mol. The molecular weight excluding hydrogens is 320 g/mol. The molecule has 1 aliphatic rings. The lowest BCUT2D eigenvalue weighted by atomic mass is 9.98. The van der Waals surface area contributed by atoms with Crippen LogP contribution >= 0.6 is 11.8 Å². The first kappa shape index (κ1) is 18.8. The van der Waals surface area contributed by atoms with Gasteiger partial charge in [-0.2, -0.15) is 11.8 Å². The number of aliphatic imine (C=N–C) groups is 1. The van der Waals surface area contributed by atoms with Crippen molar-refractivity contribution in [2.45, 2.75) is 19.8 Å². The van der Waals surface area contributed by atoms with Gasteiger partial charge in [0, 0.05) is 41.9 Å². The van der Waals surface area contributed by atoms with Crippen molar-refractivity contribution in [3.63, 3.8) is 0 Å². The molecule has 1 aromatic carbocycles. The lowest BCUT2D eigenvalue weighted by molar-refractivity contribution is 0.0955. The van der Waals surface area contributed by atoms with Gasteiger partial charge in [0.15, 0.2) is 0 Å². The van der Waals surface area contributed by atoms with Gasteiger partial charge < -0.3 is 16.4 Å². The highest BCUT2D eigenvalue weighted by Gasteiger charge is 2.14. The minimum absolute atomic E-state index is 0.0467. The highest BCUT2D eigenvalue weighted by molar-refractivity contribution is 7.98. The van der Waals surface area contributed by atoms with E-state index >= 15 is 0 Å². The molecule has 132 valence electrons. The topological polar surface area (TPSA) is 79.5 Å². The van der Waals surface area contributed by atoms with Crippen molar-refractivity contribution in [1.29, 1.82) is 0 Å². The second-order valence-corrected chi connectivity index (χ2v) is 7.16. The Balaban J connectivity index is 2.05. The summed E-state index contributed by atoms with van der Waals surface area (Å²) in [6, 6.07) is 3.59. The zero-order valence-corrected chi connectivity index (χ0v) is 15.4. The molecule has 6 heteroatoms. The first-order chi connectivity index (χ1) is 11.6. The molecule has 1 aromatic rings. The summed E-state index contributed by atoms with van der Waals surface area (Å²) < 4.78 is 0. The van der Waals surface area contributed by atoms with E-state index in [1.165, 1.54) is 12.8 Å². The van der Waals surface area contributed by atoms with Gasteiger partial charge in [-0.3, -0.25) is 9.79 Å². The number of anilines is 1. The molecule has 1 heterocycles. The van der Waals surface area contributed by atoms with Crippen LogP contribution in [0.3, 0.4) is 0 Å². The molecule has 24 heavy (non-hydrogen) atoms. The number of nitrogens with zero attached hydrogens (tertiary/aromatic N) is 1. The van der Waals surface area contributed by atoms with E-state index in [1.54, 1.807) is 23.9 Å². The molecule has 0 aliphatic carbocycles. The minimum atomic E-state index is -0.0467. The lowest BCUT2D eigenvalue weighted by Crippen LogP contribution is -2.29. The molecule has 1 amide bonds. The largest absolute Gasteiger partial charge is 0.398 e. The van der Waals surface area contributed by atoms with Crippen LogP contribution in [-0.4, -0.2) is 50.3 Å². The second kappa shape index (κ2) is 9.69. The zero-order chi connectivity index (χ0) is 17.4. The van der Waals surface area contributed by atoms with Gasteiger partial charge in [-0.25, -0.2) is 0 Å². The number of hydrogen-bond acceptors (Lipinski definition) is 5. The molecule has 2 rings (SSSR count). The number of carbonyl (C=O) groups excluding carboxylic acids is 1. The Morgan fingerprint density at radius 3 is 2.92 bits per heavy atom. The fourth-order valence-electron chi connectivity index (χ4n) is 2.89. The fourth-order valence-corrected chi connectivity index (χ4v) is 3.19. The zero-order valence-electron chi connectivity index (χ0n) is 14.6. The smallest absolute Gasteiger partial charge is 0.251 e. The standard InChI is InChI=1S/C18H28N4OS/c1-13-15(18(23)22-9-10-24-2)3-4-17(19)16(13)12-21-11-14-5-7-20-8-6-14/h3-4,12,14,20H,5-11,19H2,1-2H3,(H,22,23). The van der Waals surface area contributed by atoms with Crippen molar-refractivity contribution in [1.82, 2.24) is 10.6 Å². The van der Waals surface area contributed by atoms with E-state index in [-0.39, 0.29) is 5.91 Å². The molecule has 0 atom stereocenters. The molecule has 1 fully saturated rings. The normalized spacial score (nSPS) is 15.8. The molecule has 1 saturated heterocycles. The summed E-state index contributed by atoms with van der Waals surface area (Å²) in [7, 11) is 0. The number of thioether (sulfide) groups is 1. The van der Waals surface area contributed by atoms with Crippen molar-refractivity contribution < 1.29 is 4.79 Å². The Kier molecular flexibility index (Phi) is 7.59. The molecule has 0 unspecified atom stereocenters. The van der Waals surface area contributed by atoms with Gasteiger partial charge in [0.05, 0.1) is 0 Å². The predicted molar refractivity (Wildman–Crippen MR) is 104 cm³/mol. The number of piperidine rings is 1. The lowest BCUT2D eigenvalue weighted by Gasteiger charge is -2.20. The maximum Gasteiger partial charge on any atom is 0.251 e. The first-order valence-corrected chi connectivity index (χ1v) is 9.89. The first-order valence-electron chi connectivity index (χ1n) is 8.50. The van der Waals surface area contributed by atoms with Crippen LogP contribution in [0.15, 0.2) is 17.1 Å². The van der Waals surface area contributed by atoms with Gasteiger partial charge in [-0.05, 0) is 62.7 Å². The molecule has 0 radical (unpaired) electrons. The third-order valence-electron chi connectivity index (χ3n) is 4.43. The molecule has 0 bridgehead atoms. The van der Waals surface area contributed by atoms with Crippen LogP contribution in [0.1, 0.15) is 34.3 Å². The van der Waals surface area contributed by atoms with Gasteiger partial charge in [0.1, 0.15) is 0 Å². The van der Waals surface area contributed by atoms with Crippen LogP contribution in [0.5, 0.6) is 0 Å². The highest BCUT2D eigenvalue weighted by atomic mass is 32.2. The quantitative estimate of drug-likeness (QED) is 0.400. The Labute approximate surface area is 148 Å². The number of nitrogen functional groups attached to an aromatic ring is 1. The van der Waals surface area contributed by atoms with Crippen LogP contribution in [-0.2, 0) is 0 Å². The molecule has 5 nitrogen and oxygen atoms in total. The number of rotatable bonds is 7. The molecule has 0 spiro atoms. The second-order valence-electron chi connectivity index (χ2n) is 6.18. The Morgan fingerprint density at radius 1 is 1.46 bits per heavy atom. The van der Waals surface area contributed by atoms with E-state index in [0.29, 0.717) is 23.7 Å². The number of carbonyl (C=O) groups is 1. The van der Waals surface area contributed by atoms with Gasteiger partial charge >= 0.3 is 0 Å². The molecule has 1 aliphatic heterocycles. The van der Waals surface area contributed by atoms with E-state index in [0.717, 1.165) is 36.5 Å². The number of benzene rings is 1. The van der Waals surface area contributed by atoms with E-state index in [4.69, 9.17) is 5.73 Å². The van der Waals surface area contributed by atoms with Gasteiger partial charge in [0.25, 0.3) is 5.91 Å². The number of nitrogens with two attached hydrogens (primary N) is 1. The Bertz CT molecular complexity index is 583. The number of hydrogen-bond donors (Lipinski definition) is 3. The third kappa shape index (κ3) is 5.24. The number of amides is 1. The van der Waals surface area contributed by atoms with Crippen LogP contribution in [0, 0.1) is 12.8 Å². The van der Waals surface area contributed by atoms with Crippen molar-refractivity contribution in [2.75, 3.05) is 43.9 Å². The summed E-state index contributed by atoms with van der Waals surface area (Å²) in [6.45, 7) is 5.58. The van der Waals surface area contributed by atoms with E-state index in [1.807, 2.05) is 19.4 Å². The van der Waals surface area contributed by atoms with Crippen molar-refractivity contribution in [3.8, 4) is 0 Å². The van der Waals surface area contributed by atoms with E-state index < -0.39 is 0 Å². The molecule has 4 N–H and O–H groups in total. The summed E-state index contributed by atoms with van der Waals surface area (Å²) in [4.78, 5) is 16.9. The van der Waals surface area contributed by atoms with E-state index in [2.05, 4.69) is 15.6 Å². The van der Waals surface area contributed by atoms with Crippen molar-refractivity contribution in [3.05, 3.63) is 28.8 Å². The number of nitrogens with one attached hydrogen (secondary N) is 2. The van der Waals surface area contributed by atoms with E-state index in [9.17, 15) is 4.79 Å². The minimum Gasteiger partial charge on any atom is -0.398 e. The van der Waals surface area contributed by atoms with Gasteiger partial charge in [-0.15, -0.1) is 0 Å². The Morgan fingerprint density at radius 2 is 2.21 bits per heavy atom. The van der Waals surface area contributed by atoms with Gasteiger partial charge in [-0.1, -0.05) is 0 Å². The third-order valence-corrected chi connectivity index (χ3v) is 5.04. The van der Waals surface area contributed by atoms with Crippen molar-refractivity contribution in [2.24, 2.45) is 10.9 Å². The van der Waals surface area contributed by atoms with Crippen LogP contribution in [0.25, 0.3) is 0 Å². The monoisotopic (exact) mass is 348 g/mol. The highest BCUT2D eigenvalue weighted by Crippen LogP contribution is 2.20. The maximum absolute atomic E-state index is 12.3. The summed E-state index contributed by atoms with van der Waals surface area (Å²) in [5.74, 6) is 1.50. The average Bonchev–Trinajstić information content (AvgIpc) is 2.59. The van der Waals surface area contributed by atoms with Crippen LogP contribution in [0.4, 0.5) is 5.69 Å². The SMILES string of the molecule is CSCCNC(=O)c1ccc(N)c(C=NCC2CCNCC2)c1C. The molecule has 0 saturated carbocycles. The van der Waals surface area contributed by atoms with Crippen LogP contribution in [0.2, 0.25) is 0 Å². The summed E-state index contributed by atoms with van der Waals surface area (Å²) in [5, 5.41) is 6.31.